The quantitative estimate of drug-likeness (QED) is 0.762. The summed E-state index contributed by atoms with van der Waals surface area (Å²) in [5.41, 5.74) is 5.19. The number of hydrogen-bond acceptors (Lipinski definition) is 3. The van der Waals surface area contributed by atoms with Crippen molar-refractivity contribution in [3.05, 3.63) is 29.6 Å². The maximum absolute atomic E-state index is 13.3. The molecule has 0 aromatic heterocycles. The van der Waals surface area contributed by atoms with Gasteiger partial charge < -0.3 is 16.4 Å². The predicted octanol–water partition coefficient (Wildman–Crippen LogP) is 1.01. The number of primary amides is 1. The highest BCUT2D eigenvalue weighted by atomic mass is 19.1. The molecule has 1 atom stereocenters. The van der Waals surface area contributed by atoms with Crippen LogP contribution in [-0.2, 0) is 4.79 Å². The number of piperidine rings is 1. The second-order valence-electron chi connectivity index (χ2n) is 4.55. The first-order chi connectivity index (χ1) is 9.08. The Bertz CT molecular complexity index is 499. The molecule has 0 bridgehead atoms. The molecule has 4 N–H and O–H groups in total. The summed E-state index contributed by atoms with van der Waals surface area (Å²) in [7, 11) is 0. The van der Waals surface area contributed by atoms with Crippen molar-refractivity contribution in [2.75, 3.05) is 11.9 Å². The molecule has 5 nitrogen and oxygen atoms in total. The minimum Gasteiger partial charge on any atom is -0.366 e. The van der Waals surface area contributed by atoms with Crippen molar-refractivity contribution in [3.8, 4) is 0 Å². The van der Waals surface area contributed by atoms with Crippen LogP contribution in [0.1, 0.15) is 29.6 Å². The Hall–Kier alpha value is -1.95. The van der Waals surface area contributed by atoms with Crippen molar-refractivity contribution >= 4 is 17.5 Å². The molecule has 1 fully saturated rings. The third-order valence-electron chi connectivity index (χ3n) is 3.13. The van der Waals surface area contributed by atoms with E-state index in [0.29, 0.717) is 5.69 Å². The van der Waals surface area contributed by atoms with Crippen LogP contribution in [0.15, 0.2) is 18.2 Å². The van der Waals surface area contributed by atoms with Crippen molar-refractivity contribution < 1.29 is 14.0 Å². The zero-order valence-electron chi connectivity index (χ0n) is 10.4. The Balaban J connectivity index is 2.08. The van der Waals surface area contributed by atoms with E-state index in [1.165, 1.54) is 12.1 Å². The molecule has 1 aromatic carbocycles. The van der Waals surface area contributed by atoms with Gasteiger partial charge in [0.15, 0.2) is 0 Å². The molecule has 2 rings (SSSR count). The van der Waals surface area contributed by atoms with Crippen LogP contribution in [0.3, 0.4) is 0 Å². The van der Waals surface area contributed by atoms with Crippen molar-refractivity contribution in [1.29, 1.82) is 0 Å². The van der Waals surface area contributed by atoms with Gasteiger partial charge in [-0.15, -0.1) is 0 Å². The molecule has 6 heteroatoms. The average molecular weight is 265 g/mol. The van der Waals surface area contributed by atoms with E-state index in [0.717, 1.165) is 31.9 Å². The summed E-state index contributed by atoms with van der Waals surface area (Å²) in [6.07, 6.45) is 2.84. The Morgan fingerprint density at radius 3 is 2.79 bits per heavy atom. The normalized spacial score (nSPS) is 18.9. The van der Waals surface area contributed by atoms with Crippen LogP contribution in [0.5, 0.6) is 0 Å². The molecule has 1 aliphatic rings. The maximum Gasteiger partial charge on any atom is 0.251 e. The average Bonchev–Trinajstić information content (AvgIpc) is 2.41. The fourth-order valence-corrected chi connectivity index (χ4v) is 2.10. The topological polar surface area (TPSA) is 84.2 Å². The number of halogens is 1. The van der Waals surface area contributed by atoms with Crippen LogP contribution in [-0.4, -0.2) is 24.4 Å². The zero-order chi connectivity index (χ0) is 13.8. The largest absolute Gasteiger partial charge is 0.366 e. The van der Waals surface area contributed by atoms with E-state index >= 15 is 0 Å². The lowest BCUT2D eigenvalue weighted by Gasteiger charge is -2.22. The van der Waals surface area contributed by atoms with E-state index in [9.17, 15) is 14.0 Å². The lowest BCUT2D eigenvalue weighted by Crippen LogP contribution is -2.43. The molecular weight excluding hydrogens is 249 g/mol. The number of rotatable bonds is 3. The number of carbonyl (C=O) groups excluding carboxylic acids is 2. The summed E-state index contributed by atoms with van der Waals surface area (Å²) in [5.74, 6) is -1.73. The smallest absolute Gasteiger partial charge is 0.251 e. The van der Waals surface area contributed by atoms with Crippen molar-refractivity contribution in [2.24, 2.45) is 5.73 Å². The number of amides is 2. The maximum atomic E-state index is 13.3. The van der Waals surface area contributed by atoms with Gasteiger partial charge in [0.25, 0.3) is 5.91 Å². The molecule has 0 aliphatic carbocycles. The van der Waals surface area contributed by atoms with Crippen LogP contribution < -0.4 is 16.4 Å². The van der Waals surface area contributed by atoms with Crippen molar-refractivity contribution in [1.82, 2.24) is 5.32 Å². The third kappa shape index (κ3) is 3.29. The monoisotopic (exact) mass is 265 g/mol. The lowest BCUT2D eigenvalue weighted by molar-refractivity contribution is -0.118. The van der Waals surface area contributed by atoms with E-state index in [2.05, 4.69) is 10.6 Å². The number of hydrogen-bond donors (Lipinski definition) is 3. The summed E-state index contributed by atoms with van der Waals surface area (Å²) in [5, 5.41) is 5.77. The third-order valence-corrected chi connectivity index (χ3v) is 3.13. The number of nitrogens with one attached hydrogen (secondary N) is 2. The molecule has 19 heavy (non-hydrogen) atoms. The number of nitrogens with two attached hydrogens (primary N) is 1. The summed E-state index contributed by atoms with van der Waals surface area (Å²) < 4.78 is 13.3. The van der Waals surface area contributed by atoms with Gasteiger partial charge in [0, 0.05) is 5.69 Å². The summed E-state index contributed by atoms with van der Waals surface area (Å²) >= 11 is 0. The van der Waals surface area contributed by atoms with Crippen molar-refractivity contribution in [2.45, 2.75) is 25.3 Å². The second kappa shape index (κ2) is 5.79. The minimum atomic E-state index is -0.857. The standard InChI is InChI=1S/C13H16FN3O2/c14-10-5-4-8(7-9(10)12(15)18)17-13(19)11-3-1-2-6-16-11/h4-5,7,11,16H,1-3,6H2,(H2,15,18)(H,17,19). The van der Waals surface area contributed by atoms with Crippen molar-refractivity contribution in [3.63, 3.8) is 0 Å². The lowest BCUT2D eigenvalue weighted by atomic mass is 10.0. The Kier molecular flexibility index (Phi) is 4.11. The van der Waals surface area contributed by atoms with Gasteiger partial charge in [0.1, 0.15) is 5.82 Å². The number of benzene rings is 1. The zero-order valence-corrected chi connectivity index (χ0v) is 10.4. The molecular formula is C13H16FN3O2. The molecule has 1 aliphatic heterocycles. The molecule has 1 heterocycles. The van der Waals surface area contributed by atoms with Crippen LogP contribution in [0.25, 0.3) is 0 Å². The predicted molar refractivity (Wildman–Crippen MR) is 69.2 cm³/mol. The van der Waals surface area contributed by atoms with E-state index in [4.69, 9.17) is 5.73 Å². The first-order valence-electron chi connectivity index (χ1n) is 6.21. The highest BCUT2D eigenvalue weighted by molar-refractivity contribution is 5.98. The van der Waals surface area contributed by atoms with Gasteiger partial charge in [-0.2, -0.15) is 0 Å². The van der Waals surface area contributed by atoms with Gasteiger partial charge in [-0.3, -0.25) is 9.59 Å². The van der Waals surface area contributed by atoms with Crippen LogP contribution in [0.2, 0.25) is 0 Å². The van der Waals surface area contributed by atoms with Crippen LogP contribution in [0, 0.1) is 5.82 Å². The fourth-order valence-electron chi connectivity index (χ4n) is 2.10. The van der Waals surface area contributed by atoms with E-state index in [-0.39, 0.29) is 17.5 Å². The summed E-state index contributed by atoms with van der Waals surface area (Å²) in [6, 6.07) is 3.53. The molecule has 1 unspecified atom stereocenters. The summed E-state index contributed by atoms with van der Waals surface area (Å²) in [4.78, 5) is 23.0. The number of anilines is 1. The highest BCUT2D eigenvalue weighted by Gasteiger charge is 2.20. The molecule has 102 valence electrons. The van der Waals surface area contributed by atoms with Gasteiger partial charge in [0.05, 0.1) is 11.6 Å². The van der Waals surface area contributed by atoms with Crippen LogP contribution >= 0.6 is 0 Å². The molecule has 0 saturated carbocycles. The Labute approximate surface area is 110 Å². The SMILES string of the molecule is NC(=O)c1cc(NC(=O)C2CCCCN2)ccc1F. The van der Waals surface area contributed by atoms with E-state index in [1.54, 1.807) is 0 Å². The second-order valence-corrected chi connectivity index (χ2v) is 4.55. The Morgan fingerprint density at radius 2 is 2.16 bits per heavy atom. The van der Waals surface area contributed by atoms with E-state index < -0.39 is 11.7 Å². The fraction of sp³-hybridized carbons (Fsp3) is 0.385. The minimum absolute atomic E-state index is 0.179. The first kappa shape index (κ1) is 13.5. The van der Waals surface area contributed by atoms with Gasteiger partial charge in [0.2, 0.25) is 5.91 Å². The van der Waals surface area contributed by atoms with Gasteiger partial charge in [-0.05, 0) is 37.6 Å². The Morgan fingerprint density at radius 1 is 1.37 bits per heavy atom. The molecule has 1 saturated heterocycles. The molecule has 0 radical (unpaired) electrons. The van der Waals surface area contributed by atoms with Gasteiger partial charge in [-0.1, -0.05) is 6.42 Å². The van der Waals surface area contributed by atoms with Gasteiger partial charge in [-0.25, -0.2) is 4.39 Å². The van der Waals surface area contributed by atoms with Crippen LogP contribution in [0.4, 0.5) is 10.1 Å². The van der Waals surface area contributed by atoms with E-state index in [1.807, 2.05) is 0 Å². The number of carbonyl (C=O) groups is 2. The molecule has 0 spiro atoms. The molecule has 2 amide bonds. The summed E-state index contributed by atoms with van der Waals surface area (Å²) in [6.45, 7) is 0.814. The highest BCUT2D eigenvalue weighted by Crippen LogP contribution is 2.16. The first-order valence-corrected chi connectivity index (χ1v) is 6.21. The van der Waals surface area contributed by atoms with Gasteiger partial charge >= 0.3 is 0 Å². The molecule has 1 aromatic rings.